The largest absolute Gasteiger partial charge is 0.479 e. The van der Waals surface area contributed by atoms with Crippen LogP contribution in [0.2, 0.25) is 0 Å². The van der Waals surface area contributed by atoms with E-state index < -0.39 is 21.0 Å². The van der Waals surface area contributed by atoms with Crippen molar-refractivity contribution in [2.24, 2.45) is 20.5 Å². The van der Waals surface area contributed by atoms with Crippen LogP contribution in [-0.2, 0) is 10.1 Å². The van der Waals surface area contributed by atoms with Crippen molar-refractivity contribution in [1.29, 1.82) is 0 Å². The molecule has 20 heteroatoms. The predicted molar refractivity (Wildman–Crippen MR) is 141 cm³/mol. The van der Waals surface area contributed by atoms with Crippen molar-refractivity contribution < 1.29 is 18.1 Å². The number of hydrogen-bond donors (Lipinski definition) is 4. The molecule has 0 spiro atoms. The third-order valence-corrected chi connectivity index (χ3v) is 6.12. The molecule has 0 aromatic carbocycles. The highest BCUT2D eigenvalue weighted by molar-refractivity contribution is 7.85. The number of anilines is 2. The minimum Gasteiger partial charge on any atom is -0.479 e. The molecule has 5 aromatic heterocycles. The molecule has 0 radical (unpaired) electrons. The summed E-state index contributed by atoms with van der Waals surface area (Å²) in [5, 5.41) is 34.9. The fourth-order valence-electron chi connectivity index (χ4n) is 3.36. The van der Waals surface area contributed by atoms with E-state index in [1.807, 2.05) is 0 Å². The smallest absolute Gasteiger partial charge is 0.320 e. The Morgan fingerprint density at radius 1 is 0.780 bits per heavy atom. The highest BCUT2D eigenvalue weighted by atomic mass is 32.2. The average molecular weight is 578 g/mol. The zero-order chi connectivity index (χ0) is 29.3. The van der Waals surface area contributed by atoms with Gasteiger partial charge in [0.15, 0.2) is 34.6 Å². The lowest BCUT2D eigenvalue weighted by molar-refractivity contribution is 0.423. The molecular formula is C21H19N15O4S. The fourth-order valence-corrected chi connectivity index (χ4v) is 3.78. The Balaban J connectivity index is 1.47. The van der Waals surface area contributed by atoms with Crippen LogP contribution in [0.1, 0.15) is 11.4 Å². The second-order valence-electron chi connectivity index (χ2n) is 8.11. The van der Waals surface area contributed by atoms with Crippen LogP contribution in [0.15, 0.2) is 68.1 Å². The molecule has 0 atom stereocenters. The van der Waals surface area contributed by atoms with E-state index in [0.717, 1.165) is 21.6 Å². The summed E-state index contributed by atoms with van der Waals surface area (Å²) in [5.74, 6) is 0.0323. The number of aryl methyl sites for hydroxylation is 2. The first-order valence-electron chi connectivity index (χ1n) is 11.4. The maximum atomic E-state index is 11.2. The third-order valence-electron chi connectivity index (χ3n) is 5.28. The van der Waals surface area contributed by atoms with Gasteiger partial charge in [0, 0.05) is 6.20 Å². The van der Waals surface area contributed by atoms with Crippen molar-refractivity contribution in [2.75, 3.05) is 11.5 Å². The van der Waals surface area contributed by atoms with E-state index in [1.165, 1.54) is 6.07 Å². The second kappa shape index (κ2) is 10.4. The maximum absolute atomic E-state index is 11.2. The van der Waals surface area contributed by atoms with Crippen molar-refractivity contribution in [3.8, 4) is 17.9 Å². The van der Waals surface area contributed by atoms with Crippen LogP contribution in [0, 0.1) is 13.8 Å². The standard InChI is InChI=1S/C21H19N15O4S/c1-10-15(31-29-13-5-3-4-8-24-13)17(22)35(33-10)19-26-20(28-21(37)27-19)36-18(23)16(11(2)34-36)32-30-14-7-6-12(9-25-14)41(38,39)40/h3-9H,22-23H2,1-2H3,(H,38,39,40)(H,26,27,28,37). The van der Waals surface area contributed by atoms with Crippen LogP contribution in [-0.4, -0.2) is 62.6 Å². The van der Waals surface area contributed by atoms with E-state index in [9.17, 15) is 13.5 Å². The number of hydrogen-bond acceptors (Lipinski definition) is 16. The van der Waals surface area contributed by atoms with Gasteiger partial charge in [-0.25, -0.2) is 9.97 Å². The van der Waals surface area contributed by atoms with Crippen molar-refractivity contribution in [3.63, 3.8) is 0 Å². The highest BCUT2D eigenvalue weighted by Gasteiger charge is 2.21. The molecule has 0 amide bonds. The van der Waals surface area contributed by atoms with Gasteiger partial charge in [0.05, 0.1) is 17.6 Å². The van der Waals surface area contributed by atoms with Gasteiger partial charge in [-0.1, -0.05) is 6.07 Å². The molecule has 0 saturated carbocycles. The Bertz CT molecular complexity index is 1920. The van der Waals surface area contributed by atoms with Crippen molar-refractivity contribution >= 4 is 44.8 Å². The van der Waals surface area contributed by atoms with Gasteiger partial charge < -0.3 is 16.6 Å². The molecule has 41 heavy (non-hydrogen) atoms. The van der Waals surface area contributed by atoms with Crippen molar-refractivity contribution in [2.45, 2.75) is 18.7 Å². The molecule has 208 valence electrons. The van der Waals surface area contributed by atoms with Crippen LogP contribution in [0.4, 0.5) is 34.6 Å². The van der Waals surface area contributed by atoms with E-state index >= 15 is 0 Å². The van der Waals surface area contributed by atoms with E-state index in [4.69, 9.17) is 16.0 Å². The molecule has 19 nitrogen and oxygen atoms in total. The summed E-state index contributed by atoms with van der Waals surface area (Å²) >= 11 is 0. The Morgan fingerprint density at radius 3 is 1.80 bits per heavy atom. The molecule has 5 heterocycles. The number of aromatic hydroxyl groups is 1. The van der Waals surface area contributed by atoms with E-state index in [1.54, 1.807) is 38.2 Å². The normalized spacial score (nSPS) is 12.1. The van der Waals surface area contributed by atoms with Gasteiger partial charge in [-0.3, -0.25) is 4.55 Å². The molecular weight excluding hydrogens is 558 g/mol. The summed E-state index contributed by atoms with van der Waals surface area (Å²) in [4.78, 5) is 19.6. The monoisotopic (exact) mass is 577 g/mol. The summed E-state index contributed by atoms with van der Waals surface area (Å²) in [6.45, 7) is 3.24. The first-order valence-corrected chi connectivity index (χ1v) is 12.8. The van der Waals surface area contributed by atoms with Gasteiger partial charge in [0.2, 0.25) is 0 Å². The number of rotatable bonds is 7. The van der Waals surface area contributed by atoms with Gasteiger partial charge in [0.1, 0.15) is 4.90 Å². The van der Waals surface area contributed by atoms with Crippen molar-refractivity contribution in [3.05, 3.63) is 54.1 Å². The number of nitrogen functional groups attached to an aromatic ring is 2. The summed E-state index contributed by atoms with van der Waals surface area (Å²) in [6, 6.07) is 6.83. The quantitative estimate of drug-likeness (QED) is 0.160. The van der Waals surface area contributed by atoms with Crippen LogP contribution in [0.5, 0.6) is 6.01 Å². The van der Waals surface area contributed by atoms with Crippen LogP contribution >= 0.6 is 0 Å². The first-order chi connectivity index (χ1) is 19.5. The van der Waals surface area contributed by atoms with E-state index in [0.29, 0.717) is 17.2 Å². The molecule has 5 rings (SSSR count). The summed E-state index contributed by atoms with van der Waals surface area (Å²) in [6.07, 6.45) is 2.49. The lowest BCUT2D eigenvalue weighted by atomic mass is 10.4. The molecule has 0 bridgehead atoms. The summed E-state index contributed by atoms with van der Waals surface area (Å²) in [7, 11) is -4.41. The van der Waals surface area contributed by atoms with Crippen LogP contribution in [0.25, 0.3) is 11.9 Å². The fraction of sp³-hybridized carbons (Fsp3) is 0.0952. The molecule has 0 aliphatic rings. The van der Waals surface area contributed by atoms with Gasteiger partial charge in [-0.15, -0.1) is 20.5 Å². The van der Waals surface area contributed by atoms with E-state index in [2.05, 4.69) is 55.6 Å². The molecule has 0 fully saturated rings. The van der Waals surface area contributed by atoms with Gasteiger partial charge in [-0.05, 0) is 38.1 Å². The van der Waals surface area contributed by atoms with E-state index in [-0.39, 0.29) is 40.7 Å². The Morgan fingerprint density at radius 2 is 1.34 bits per heavy atom. The predicted octanol–water partition coefficient (Wildman–Crippen LogP) is 2.60. The first kappa shape index (κ1) is 26.8. The molecule has 0 aliphatic carbocycles. The van der Waals surface area contributed by atoms with Crippen molar-refractivity contribution in [1.82, 2.24) is 44.5 Å². The molecule has 6 N–H and O–H groups in total. The highest BCUT2D eigenvalue weighted by Crippen LogP contribution is 2.32. The van der Waals surface area contributed by atoms with Gasteiger partial charge in [-0.2, -0.15) is 42.9 Å². The van der Waals surface area contributed by atoms with Gasteiger partial charge in [0.25, 0.3) is 22.0 Å². The maximum Gasteiger partial charge on any atom is 0.320 e. The zero-order valence-corrected chi connectivity index (χ0v) is 21.9. The minimum absolute atomic E-state index is 0.0320. The molecule has 0 unspecified atom stereocenters. The third kappa shape index (κ3) is 5.53. The number of aromatic nitrogens is 9. The number of azo groups is 2. The molecule has 0 aliphatic heterocycles. The van der Waals surface area contributed by atoms with Gasteiger partial charge >= 0.3 is 6.01 Å². The number of nitrogens with two attached hydrogens (primary N) is 2. The molecule has 5 aromatic rings. The topological polar surface area (TPSA) is 276 Å². The zero-order valence-electron chi connectivity index (χ0n) is 21.1. The summed E-state index contributed by atoms with van der Waals surface area (Å²) in [5.41, 5.74) is 13.5. The summed E-state index contributed by atoms with van der Waals surface area (Å²) < 4.78 is 33.7. The molecule has 0 saturated heterocycles. The Labute approximate surface area is 230 Å². The number of nitrogens with zero attached hydrogens (tertiary/aromatic N) is 13. The Kier molecular flexibility index (Phi) is 6.82. The van der Waals surface area contributed by atoms with Crippen LogP contribution in [0.3, 0.4) is 0 Å². The SMILES string of the molecule is Cc1nn(-c2nc(O)nc(-n3nc(C)c(N=Nc4ccc(S(=O)(=O)O)cn4)c3N)n2)c(N)c1N=Nc1ccccn1. The average Bonchev–Trinajstić information content (AvgIpc) is 3.39. The lowest BCUT2D eigenvalue weighted by Gasteiger charge is -2.06. The minimum atomic E-state index is -4.41. The van der Waals surface area contributed by atoms with Crippen LogP contribution < -0.4 is 11.5 Å². The Hall–Kier alpha value is -5.76. The lowest BCUT2D eigenvalue weighted by Crippen LogP contribution is -2.13. The number of pyridine rings is 2. The second-order valence-corrected chi connectivity index (χ2v) is 9.53.